The highest BCUT2D eigenvalue weighted by Gasteiger charge is 2.31. The first-order valence-corrected chi connectivity index (χ1v) is 10.9. The number of ether oxygens (including phenoxy) is 2. The second kappa shape index (κ2) is 9.47. The van der Waals surface area contributed by atoms with Crippen LogP contribution in [-0.4, -0.2) is 45.3 Å². The molecule has 2 amide bonds. The number of sulfonamides is 1. The van der Waals surface area contributed by atoms with Crippen molar-refractivity contribution in [1.29, 1.82) is 0 Å². The molecule has 0 radical (unpaired) electrons. The second-order valence-electron chi connectivity index (χ2n) is 6.46. The topological polar surface area (TPSA) is 135 Å². The number of aliphatic imine (C=N–C) groups is 1. The zero-order valence-corrected chi connectivity index (χ0v) is 17.7. The molecule has 1 atom stereocenters. The van der Waals surface area contributed by atoms with Crippen LogP contribution in [-0.2, 0) is 19.6 Å². The van der Waals surface area contributed by atoms with Gasteiger partial charge in [0.15, 0.2) is 18.1 Å². The Morgan fingerprint density at radius 3 is 2.39 bits per heavy atom. The fourth-order valence-electron chi connectivity index (χ4n) is 2.74. The van der Waals surface area contributed by atoms with Gasteiger partial charge in [0.25, 0.3) is 21.8 Å². The summed E-state index contributed by atoms with van der Waals surface area (Å²) in [5.41, 5.74) is 4.86. The molecule has 1 aliphatic rings. The van der Waals surface area contributed by atoms with Crippen molar-refractivity contribution in [3.05, 3.63) is 54.1 Å². The van der Waals surface area contributed by atoms with Crippen LogP contribution in [0.5, 0.6) is 11.5 Å². The first-order chi connectivity index (χ1) is 14.8. The number of hydrazine groups is 1. The lowest BCUT2D eigenvalue weighted by molar-refractivity contribution is -0.130. The van der Waals surface area contributed by atoms with Gasteiger partial charge in [-0.3, -0.25) is 30.2 Å². The van der Waals surface area contributed by atoms with E-state index in [-0.39, 0.29) is 17.3 Å². The zero-order chi connectivity index (χ0) is 22.4. The van der Waals surface area contributed by atoms with Gasteiger partial charge in [0.1, 0.15) is 11.9 Å². The van der Waals surface area contributed by atoms with Crippen molar-refractivity contribution in [3.63, 3.8) is 0 Å². The summed E-state index contributed by atoms with van der Waals surface area (Å²) in [6.07, 6.45) is 0. The van der Waals surface area contributed by atoms with Gasteiger partial charge in [0.05, 0.1) is 11.5 Å². The quantitative estimate of drug-likeness (QED) is 0.537. The van der Waals surface area contributed by atoms with Crippen LogP contribution < -0.4 is 25.0 Å². The van der Waals surface area contributed by atoms with Crippen molar-refractivity contribution < 1.29 is 27.5 Å². The molecule has 31 heavy (non-hydrogen) atoms. The maximum absolute atomic E-state index is 12.3. The lowest BCUT2D eigenvalue weighted by Gasteiger charge is -2.13. The maximum Gasteiger partial charge on any atom is 0.276 e. The summed E-state index contributed by atoms with van der Waals surface area (Å²) in [7, 11) is -3.70. The summed E-state index contributed by atoms with van der Waals surface area (Å²) in [4.78, 5) is 28.5. The van der Waals surface area contributed by atoms with Crippen molar-refractivity contribution >= 4 is 27.7 Å². The van der Waals surface area contributed by atoms with Crippen LogP contribution in [0.15, 0.2) is 58.4 Å². The van der Waals surface area contributed by atoms with Crippen molar-refractivity contribution in [3.8, 4) is 11.5 Å². The highest BCUT2D eigenvalue weighted by molar-refractivity contribution is 7.90. The van der Waals surface area contributed by atoms with E-state index in [0.29, 0.717) is 23.7 Å². The average Bonchev–Trinajstić information content (AvgIpc) is 3.01. The average molecular weight is 446 g/mol. The molecule has 0 aliphatic carbocycles. The van der Waals surface area contributed by atoms with Crippen LogP contribution in [0.3, 0.4) is 0 Å². The SMILES string of the molecule is CCOc1ccccc1OCC(=O)NNC(=O)[C@H](C)N=C1NS(=O)(=O)c2ccccc21. The minimum atomic E-state index is -3.70. The number of nitrogens with one attached hydrogen (secondary N) is 3. The molecule has 0 spiro atoms. The fraction of sp³-hybridized carbons (Fsp3) is 0.250. The van der Waals surface area contributed by atoms with Gasteiger partial charge in [0, 0.05) is 5.56 Å². The molecule has 1 aliphatic heterocycles. The maximum atomic E-state index is 12.3. The molecule has 0 unspecified atom stereocenters. The molecule has 2 aromatic rings. The number of amidine groups is 1. The number of amides is 2. The molecule has 0 fully saturated rings. The molecule has 164 valence electrons. The minimum absolute atomic E-state index is 0.0699. The van der Waals surface area contributed by atoms with E-state index in [2.05, 4.69) is 20.6 Å². The third-order valence-electron chi connectivity index (χ3n) is 4.20. The lowest BCUT2D eigenvalue weighted by Crippen LogP contribution is -2.47. The first-order valence-electron chi connectivity index (χ1n) is 9.45. The molecule has 1 heterocycles. The number of hydrogen-bond donors (Lipinski definition) is 3. The number of rotatable bonds is 7. The van der Waals surface area contributed by atoms with Gasteiger partial charge >= 0.3 is 0 Å². The Balaban J connectivity index is 1.54. The number of para-hydroxylation sites is 2. The molecule has 0 saturated heterocycles. The largest absolute Gasteiger partial charge is 0.490 e. The van der Waals surface area contributed by atoms with Crippen LogP contribution in [0.2, 0.25) is 0 Å². The van der Waals surface area contributed by atoms with Crippen molar-refractivity contribution in [2.45, 2.75) is 24.8 Å². The van der Waals surface area contributed by atoms with Gasteiger partial charge in [-0.15, -0.1) is 0 Å². The molecule has 3 N–H and O–H groups in total. The van der Waals surface area contributed by atoms with E-state index in [0.717, 1.165) is 0 Å². The third-order valence-corrected chi connectivity index (χ3v) is 5.59. The molecule has 0 bridgehead atoms. The van der Waals surface area contributed by atoms with Crippen LogP contribution >= 0.6 is 0 Å². The number of benzene rings is 2. The molecule has 0 aromatic heterocycles. The Morgan fingerprint density at radius 2 is 1.68 bits per heavy atom. The van der Waals surface area contributed by atoms with E-state index in [1.165, 1.54) is 13.0 Å². The molecular formula is C20H22N4O6S. The monoisotopic (exact) mass is 446 g/mol. The molecule has 10 nitrogen and oxygen atoms in total. The van der Waals surface area contributed by atoms with Crippen molar-refractivity contribution in [2.24, 2.45) is 4.99 Å². The summed E-state index contributed by atoms with van der Waals surface area (Å²) < 4.78 is 37.4. The van der Waals surface area contributed by atoms with E-state index < -0.39 is 27.9 Å². The van der Waals surface area contributed by atoms with Gasteiger partial charge in [-0.25, -0.2) is 8.42 Å². The van der Waals surface area contributed by atoms with E-state index >= 15 is 0 Å². The molecule has 11 heteroatoms. The third kappa shape index (κ3) is 5.31. The van der Waals surface area contributed by atoms with Gasteiger partial charge in [-0.1, -0.05) is 24.3 Å². The van der Waals surface area contributed by atoms with Gasteiger partial charge in [-0.2, -0.15) is 0 Å². The van der Waals surface area contributed by atoms with Gasteiger partial charge in [0.2, 0.25) is 0 Å². The summed E-state index contributed by atoms with van der Waals surface area (Å²) in [6, 6.07) is 12.3. The Bertz CT molecular complexity index is 1120. The number of hydrogen-bond acceptors (Lipinski definition) is 7. The second-order valence-corrected chi connectivity index (χ2v) is 8.11. The van der Waals surface area contributed by atoms with Crippen molar-refractivity contribution in [1.82, 2.24) is 15.6 Å². The summed E-state index contributed by atoms with van der Waals surface area (Å²) in [6.45, 7) is 3.40. The van der Waals surface area contributed by atoms with E-state index in [9.17, 15) is 18.0 Å². The number of carbonyl (C=O) groups excluding carboxylic acids is 2. The summed E-state index contributed by atoms with van der Waals surface area (Å²) >= 11 is 0. The fourth-order valence-corrected chi connectivity index (χ4v) is 3.98. The summed E-state index contributed by atoms with van der Waals surface area (Å²) in [5, 5.41) is 0. The normalized spacial score (nSPS) is 16.0. The van der Waals surface area contributed by atoms with Crippen molar-refractivity contribution in [2.75, 3.05) is 13.2 Å². The molecule has 3 rings (SSSR count). The van der Waals surface area contributed by atoms with E-state index in [1.807, 2.05) is 6.92 Å². The van der Waals surface area contributed by atoms with Crippen LogP contribution in [0, 0.1) is 0 Å². The van der Waals surface area contributed by atoms with E-state index in [1.54, 1.807) is 42.5 Å². The van der Waals surface area contributed by atoms with Crippen LogP contribution in [0.4, 0.5) is 0 Å². The number of nitrogens with zero attached hydrogens (tertiary/aromatic N) is 1. The van der Waals surface area contributed by atoms with Gasteiger partial charge < -0.3 is 9.47 Å². The lowest BCUT2D eigenvalue weighted by atomic mass is 10.2. The van der Waals surface area contributed by atoms with Crippen LogP contribution in [0.1, 0.15) is 19.4 Å². The zero-order valence-electron chi connectivity index (χ0n) is 16.9. The standard InChI is InChI=1S/C20H22N4O6S/c1-3-29-15-9-5-6-10-16(15)30-12-18(25)22-23-20(26)13(2)21-19-14-8-4-7-11-17(14)31(27,28)24-19/h4-11,13H,3,12H2,1-2H3,(H,21,24)(H,22,25)(H,23,26)/t13-/m0/s1. The van der Waals surface area contributed by atoms with Crippen LogP contribution in [0.25, 0.3) is 0 Å². The number of fused-ring (bicyclic) bond motifs is 1. The Kier molecular flexibility index (Phi) is 6.75. The predicted octanol–water partition coefficient (Wildman–Crippen LogP) is 0.739. The Labute approximate surface area is 179 Å². The highest BCUT2D eigenvalue weighted by atomic mass is 32.2. The van der Waals surface area contributed by atoms with E-state index in [4.69, 9.17) is 9.47 Å². The molecule has 0 saturated carbocycles. The predicted molar refractivity (Wildman–Crippen MR) is 112 cm³/mol. The minimum Gasteiger partial charge on any atom is -0.490 e. The Morgan fingerprint density at radius 1 is 1.03 bits per heavy atom. The summed E-state index contributed by atoms with van der Waals surface area (Å²) in [5.74, 6) is -0.241. The first kappa shape index (κ1) is 22.1. The highest BCUT2D eigenvalue weighted by Crippen LogP contribution is 2.26. The van der Waals surface area contributed by atoms with Gasteiger partial charge in [-0.05, 0) is 38.1 Å². The smallest absolute Gasteiger partial charge is 0.276 e. The number of carbonyl (C=O) groups is 2. The molecular weight excluding hydrogens is 424 g/mol. The molecule has 2 aromatic carbocycles. The Hall–Kier alpha value is -3.60.